The van der Waals surface area contributed by atoms with Crippen LogP contribution >= 0.6 is 0 Å². The Bertz CT molecular complexity index is 1110. The maximum absolute atomic E-state index is 13.1. The summed E-state index contributed by atoms with van der Waals surface area (Å²) < 4.78 is 11.8. The van der Waals surface area contributed by atoms with Crippen LogP contribution in [0.2, 0.25) is 0 Å². The molecule has 1 atom stereocenters. The lowest BCUT2D eigenvalue weighted by molar-refractivity contribution is -0.128. The number of fused-ring (bicyclic) bond motifs is 1. The van der Waals surface area contributed by atoms with Crippen LogP contribution in [0, 0.1) is 6.92 Å². The second-order valence-electron chi connectivity index (χ2n) is 8.34. The number of hydrogen-bond donors (Lipinski definition) is 1. The Hall–Kier alpha value is -3.08. The van der Waals surface area contributed by atoms with Gasteiger partial charge in [0.05, 0.1) is 10.9 Å². The number of amides is 1. The Morgan fingerprint density at radius 2 is 1.77 bits per heavy atom. The predicted octanol–water partition coefficient (Wildman–Crippen LogP) is 5.37. The fraction of sp³-hybridized carbons (Fsp3) is 0.385. The Balaban J connectivity index is 1.52. The van der Waals surface area contributed by atoms with Crippen molar-refractivity contribution in [3.8, 4) is 16.9 Å². The van der Waals surface area contributed by atoms with Gasteiger partial charge in [0, 0.05) is 12.1 Å². The largest absolute Gasteiger partial charge is 0.481 e. The highest BCUT2D eigenvalue weighted by Crippen LogP contribution is 2.26. The minimum atomic E-state index is -0.628. The summed E-state index contributed by atoms with van der Waals surface area (Å²) in [6, 6.07) is 14.9. The number of carbonyl (C=O) groups is 1. The van der Waals surface area contributed by atoms with Crippen LogP contribution in [0.1, 0.15) is 51.2 Å². The third kappa shape index (κ3) is 4.82. The number of aryl methyl sites for hydroxylation is 1. The lowest BCUT2D eigenvalue weighted by atomic mass is 10.0. The van der Waals surface area contributed by atoms with Crippen LogP contribution in [-0.4, -0.2) is 18.1 Å². The van der Waals surface area contributed by atoms with E-state index in [-0.39, 0.29) is 17.4 Å². The van der Waals surface area contributed by atoms with E-state index in [0.29, 0.717) is 28.0 Å². The molecule has 3 aromatic rings. The molecule has 5 heteroatoms. The zero-order valence-electron chi connectivity index (χ0n) is 18.1. The first-order chi connectivity index (χ1) is 15.0. The van der Waals surface area contributed by atoms with E-state index in [4.69, 9.17) is 9.15 Å². The minimum Gasteiger partial charge on any atom is -0.481 e. The Morgan fingerprint density at radius 1 is 1.06 bits per heavy atom. The molecule has 31 heavy (non-hydrogen) atoms. The van der Waals surface area contributed by atoms with Gasteiger partial charge in [0.2, 0.25) is 5.43 Å². The average Bonchev–Trinajstić information content (AvgIpc) is 3.03. The molecule has 4 rings (SSSR count). The molecule has 0 saturated heterocycles. The molecule has 1 amide bonds. The van der Waals surface area contributed by atoms with E-state index in [1.54, 1.807) is 32.0 Å². The summed E-state index contributed by atoms with van der Waals surface area (Å²) in [7, 11) is 0. The van der Waals surface area contributed by atoms with Gasteiger partial charge in [0.15, 0.2) is 6.10 Å². The molecule has 1 fully saturated rings. The number of carbonyl (C=O) groups excluding carboxylic acids is 1. The third-order valence-corrected chi connectivity index (χ3v) is 5.99. The first-order valence-corrected chi connectivity index (χ1v) is 11.1. The van der Waals surface area contributed by atoms with Crippen molar-refractivity contribution >= 4 is 16.9 Å². The standard InChI is InChI=1S/C26H29NO4/c1-17-24(19-10-6-5-7-11-19)25(28)22-15-14-21(16-23(22)31-17)30-18(2)26(29)27-20-12-8-3-4-9-13-20/h5-7,10-11,14-16,18,20H,3-4,8-9,12-13H2,1-2H3,(H,27,29)/t18-/m0/s1. The lowest BCUT2D eigenvalue weighted by Crippen LogP contribution is -2.42. The SMILES string of the molecule is Cc1oc2cc(O[C@@H](C)C(=O)NC3CCCCCC3)ccc2c(=O)c1-c1ccccc1. The van der Waals surface area contributed by atoms with Crippen molar-refractivity contribution in [3.05, 3.63) is 64.5 Å². The summed E-state index contributed by atoms with van der Waals surface area (Å²) in [5.74, 6) is 0.954. The van der Waals surface area contributed by atoms with Crippen LogP contribution in [0.3, 0.4) is 0 Å². The zero-order chi connectivity index (χ0) is 21.8. The average molecular weight is 420 g/mol. The molecule has 0 unspecified atom stereocenters. The Morgan fingerprint density at radius 3 is 2.48 bits per heavy atom. The normalized spacial score (nSPS) is 15.9. The predicted molar refractivity (Wildman–Crippen MR) is 122 cm³/mol. The summed E-state index contributed by atoms with van der Waals surface area (Å²) in [5.41, 5.74) is 1.78. The molecule has 1 heterocycles. The van der Waals surface area contributed by atoms with E-state index in [1.165, 1.54) is 12.8 Å². The van der Waals surface area contributed by atoms with E-state index in [0.717, 1.165) is 31.2 Å². The molecular formula is C26H29NO4. The molecule has 0 spiro atoms. The van der Waals surface area contributed by atoms with Crippen molar-refractivity contribution in [2.75, 3.05) is 0 Å². The van der Waals surface area contributed by atoms with Gasteiger partial charge in [-0.1, -0.05) is 56.0 Å². The van der Waals surface area contributed by atoms with Crippen molar-refractivity contribution in [3.63, 3.8) is 0 Å². The van der Waals surface area contributed by atoms with Gasteiger partial charge in [-0.3, -0.25) is 9.59 Å². The van der Waals surface area contributed by atoms with E-state index in [9.17, 15) is 9.59 Å². The van der Waals surface area contributed by atoms with E-state index >= 15 is 0 Å². The smallest absolute Gasteiger partial charge is 0.260 e. The number of rotatable bonds is 5. The van der Waals surface area contributed by atoms with E-state index in [2.05, 4.69) is 5.32 Å². The first-order valence-electron chi connectivity index (χ1n) is 11.1. The third-order valence-electron chi connectivity index (χ3n) is 5.99. The zero-order valence-corrected chi connectivity index (χ0v) is 18.1. The van der Waals surface area contributed by atoms with E-state index < -0.39 is 6.10 Å². The second kappa shape index (κ2) is 9.38. The van der Waals surface area contributed by atoms with Crippen molar-refractivity contribution in [2.24, 2.45) is 0 Å². The van der Waals surface area contributed by atoms with Crippen molar-refractivity contribution in [2.45, 2.75) is 64.5 Å². The molecule has 0 aliphatic heterocycles. The van der Waals surface area contributed by atoms with Crippen molar-refractivity contribution < 1.29 is 13.9 Å². The summed E-state index contributed by atoms with van der Waals surface area (Å²) in [4.78, 5) is 25.7. The molecule has 0 radical (unpaired) electrons. The summed E-state index contributed by atoms with van der Waals surface area (Å²) in [5, 5.41) is 3.62. The molecule has 1 N–H and O–H groups in total. The van der Waals surface area contributed by atoms with Crippen LogP contribution in [0.15, 0.2) is 57.7 Å². The molecule has 162 valence electrons. The Kier molecular flexibility index (Phi) is 6.40. The van der Waals surface area contributed by atoms with Crippen LogP contribution < -0.4 is 15.5 Å². The van der Waals surface area contributed by atoms with Gasteiger partial charge in [-0.15, -0.1) is 0 Å². The van der Waals surface area contributed by atoms with Crippen LogP contribution in [0.5, 0.6) is 5.75 Å². The second-order valence-corrected chi connectivity index (χ2v) is 8.34. The molecule has 1 aliphatic rings. The lowest BCUT2D eigenvalue weighted by Gasteiger charge is -2.20. The quantitative estimate of drug-likeness (QED) is 0.564. The molecule has 2 aromatic carbocycles. The van der Waals surface area contributed by atoms with Gasteiger partial charge in [-0.2, -0.15) is 0 Å². The maximum Gasteiger partial charge on any atom is 0.260 e. The van der Waals surface area contributed by atoms with Gasteiger partial charge >= 0.3 is 0 Å². The summed E-state index contributed by atoms with van der Waals surface area (Å²) in [6.07, 6.45) is 6.24. The summed E-state index contributed by atoms with van der Waals surface area (Å²) in [6.45, 7) is 3.54. The number of benzene rings is 2. The van der Waals surface area contributed by atoms with Crippen LogP contribution in [0.4, 0.5) is 0 Å². The van der Waals surface area contributed by atoms with Crippen LogP contribution in [0.25, 0.3) is 22.1 Å². The molecule has 0 bridgehead atoms. The van der Waals surface area contributed by atoms with Crippen molar-refractivity contribution in [1.82, 2.24) is 5.32 Å². The number of hydrogen-bond acceptors (Lipinski definition) is 4. The van der Waals surface area contributed by atoms with Gasteiger partial charge in [-0.05, 0) is 44.4 Å². The molecular weight excluding hydrogens is 390 g/mol. The fourth-order valence-electron chi connectivity index (χ4n) is 4.30. The van der Waals surface area contributed by atoms with E-state index in [1.807, 2.05) is 30.3 Å². The Labute approximate surface area is 182 Å². The van der Waals surface area contributed by atoms with Crippen LogP contribution in [-0.2, 0) is 4.79 Å². The van der Waals surface area contributed by atoms with Crippen molar-refractivity contribution in [1.29, 1.82) is 0 Å². The van der Waals surface area contributed by atoms with Gasteiger partial charge in [-0.25, -0.2) is 0 Å². The highest BCUT2D eigenvalue weighted by Gasteiger charge is 2.21. The van der Waals surface area contributed by atoms with Gasteiger partial charge in [0.1, 0.15) is 17.1 Å². The molecule has 1 aliphatic carbocycles. The summed E-state index contributed by atoms with van der Waals surface area (Å²) >= 11 is 0. The first kappa shape index (κ1) is 21.2. The monoisotopic (exact) mass is 419 g/mol. The van der Waals surface area contributed by atoms with Gasteiger partial charge < -0.3 is 14.5 Å². The fourth-order valence-corrected chi connectivity index (χ4v) is 4.30. The molecule has 5 nitrogen and oxygen atoms in total. The topological polar surface area (TPSA) is 68.5 Å². The number of ether oxygens (including phenoxy) is 1. The highest BCUT2D eigenvalue weighted by atomic mass is 16.5. The molecule has 1 saturated carbocycles. The highest BCUT2D eigenvalue weighted by molar-refractivity contribution is 5.84. The minimum absolute atomic E-state index is 0.0735. The molecule has 1 aromatic heterocycles. The number of nitrogens with one attached hydrogen (secondary N) is 1. The van der Waals surface area contributed by atoms with Gasteiger partial charge in [0.25, 0.3) is 5.91 Å². The maximum atomic E-state index is 13.1.